The number of ether oxygens (including phenoxy) is 1. The van der Waals surface area contributed by atoms with E-state index in [9.17, 15) is 5.11 Å². The Kier molecular flexibility index (Phi) is 8.53. The van der Waals surface area contributed by atoms with Crippen molar-refractivity contribution in [1.29, 1.82) is 0 Å². The molecule has 0 amide bonds. The Hall–Kier alpha value is -2.37. The number of aliphatic imine (C=N–C) groups is 1. The van der Waals surface area contributed by atoms with Gasteiger partial charge in [0.2, 0.25) is 0 Å². The molecular formula is C24H33N3O2. The van der Waals surface area contributed by atoms with Gasteiger partial charge in [0.1, 0.15) is 0 Å². The molecule has 2 aromatic rings. The number of nitrogens with zero attached hydrogens (tertiary/aromatic N) is 1. The van der Waals surface area contributed by atoms with E-state index in [1.165, 1.54) is 16.7 Å². The van der Waals surface area contributed by atoms with Gasteiger partial charge >= 0.3 is 0 Å². The summed E-state index contributed by atoms with van der Waals surface area (Å²) in [6.45, 7) is 4.78. The Balaban J connectivity index is 1.46. The lowest BCUT2D eigenvalue weighted by Crippen LogP contribution is -2.45. The van der Waals surface area contributed by atoms with Gasteiger partial charge in [-0.3, -0.25) is 0 Å². The van der Waals surface area contributed by atoms with Crippen LogP contribution < -0.4 is 10.6 Å². The molecule has 1 fully saturated rings. The van der Waals surface area contributed by atoms with Gasteiger partial charge in [0.05, 0.1) is 25.9 Å². The van der Waals surface area contributed by atoms with E-state index in [1.807, 2.05) is 18.2 Å². The van der Waals surface area contributed by atoms with Crippen molar-refractivity contribution in [2.45, 2.75) is 64.5 Å². The molecule has 0 heterocycles. The van der Waals surface area contributed by atoms with E-state index in [0.717, 1.165) is 38.2 Å². The van der Waals surface area contributed by atoms with Gasteiger partial charge in [0.25, 0.3) is 0 Å². The van der Waals surface area contributed by atoms with Crippen molar-refractivity contribution >= 4 is 5.96 Å². The molecule has 0 unspecified atom stereocenters. The zero-order valence-corrected chi connectivity index (χ0v) is 17.3. The first-order valence-electron chi connectivity index (χ1n) is 10.7. The molecule has 5 heteroatoms. The Morgan fingerprint density at radius 2 is 1.55 bits per heavy atom. The third-order valence-electron chi connectivity index (χ3n) is 5.20. The van der Waals surface area contributed by atoms with Gasteiger partial charge in [-0.15, -0.1) is 0 Å². The third kappa shape index (κ3) is 7.52. The molecule has 1 aliphatic rings. The fourth-order valence-electron chi connectivity index (χ4n) is 3.51. The highest BCUT2D eigenvalue weighted by atomic mass is 16.5. The van der Waals surface area contributed by atoms with E-state index in [1.54, 1.807) is 0 Å². The minimum absolute atomic E-state index is 0.136. The van der Waals surface area contributed by atoms with Crippen LogP contribution in [0.1, 0.15) is 49.3 Å². The number of benzene rings is 2. The second-order valence-electron chi connectivity index (χ2n) is 7.64. The first kappa shape index (κ1) is 21.3. The summed E-state index contributed by atoms with van der Waals surface area (Å²) in [7, 11) is 0. The van der Waals surface area contributed by atoms with Crippen molar-refractivity contribution in [1.82, 2.24) is 10.6 Å². The zero-order valence-electron chi connectivity index (χ0n) is 17.3. The molecule has 0 aliphatic heterocycles. The summed E-state index contributed by atoms with van der Waals surface area (Å²) in [6.07, 6.45) is 3.57. The average Bonchev–Trinajstić information content (AvgIpc) is 2.75. The summed E-state index contributed by atoms with van der Waals surface area (Å²) in [5, 5.41) is 16.5. The molecule has 156 valence electrons. The van der Waals surface area contributed by atoms with Crippen LogP contribution in [-0.4, -0.2) is 29.8 Å². The van der Waals surface area contributed by atoms with Crippen molar-refractivity contribution in [3.8, 4) is 0 Å². The Morgan fingerprint density at radius 3 is 2.21 bits per heavy atom. The number of rotatable bonds is 8. The van der Waals surface area contributed by atoms with E-state index in [2.05, 4.69) is 54.0 Å². The third-order valence-corrected chi connectivity index (χ3v) is 5.20. The number of hydrogen-bond acceptors (Lipinski definition) is 3. The highest BCUT2D eigenvalue weighted by Crippen LogP contribution is 2.18. The lowest BCUT2D eigenvalue weighted by molar-refractivity contribution is 0.107. The van der Waals surface area contributed by atoms with E-state index >= 15 is 0 Å². The molecule has 0 saturated heterocycles. The Morgan fingerprint density at radius 1 is 0.931 bits per heavy atom. The number of nitrogens with one attached hydrogen (secondary N) is 2. The second-order valence-corrected chi connectivity index (χ2v) is 7.64. The van der Waals surface area contributed by atoms with Crippen molar-refractivity contribution in [3.05, 3.63) is 71.3 Å². The molecule has 3 N–H and O–H groups in total. The molecule has 0 atom stereocenters. The molecule has 0 radical (unpaired) electrons. The van der Waals surface area contributed by atoms with Crippen LogP contribution >= 0.6 is 0 Å². The molecule has 29 heavy (non-hydrogen) atoms. The molecule has 3 rings (SSSR count). The number of aliphatic hydroxyl groups is 1. The van der Waals surface area contributed by atoms with Gasteiger partial charge in [-0.05, 0) is 49.3 Å². The van der Waals surface area contributed by atoms with Crippen molar-refractivity contribution in [3.63, 3.8) is 0 Å². The maximum Gasteiger partial charge on any atom is 0.191 e. The average molecular weight is 396 g/mol. The summed E-state index contributed by atoms with van der Waals surface area (Å²) >= 11 is 0. The highest BCUT2D eigenvalue weighted by molar-refractivity contribution is 5.80. The highest BCUT2D eigenvalue weighted by Gasteiger charge is 2.19. The maximum atomic E-state index is 9.67. The lowest BCUT2D eigenvalue weighted by atomic mass is 9.93. The van der Waals surface area contributed by atoms with Crippen LogP contribution in [0.4, 0.5) is 0 Å². The van der Waals surface area contributed by atoms with E-state index < -0.39 is 0 Å². The van der Waals surface area contributed by atoms with Crippen molar-refractivity contribution in [2.75, 3.05) is 6.54 Å². The van der Waals surface area contributed by atoms with E-state index in [-0.39, 0.29) is 6.10 Å². The van der Waals surface area contributed by atoms with Crippen LogP contribution in [0.2, 0.25) is 0 Å². The summed E-state index contributed by atoms with van der Waals surface area (Å²) in [5.74, 6) is 0.851. The predicted molar refractivity (Wildman–Crippen MR) is 118 cm³/mol. The first-order valence-corrected chi connectivity index (χ1v) is 10.7. The first-order chi connectivity index (χ1) is 14.2. The predicted octanol–water partition coefficient (Wildman–Crippen LogP) is 3.76. The topological polar surface area (TPSA) is 65.9 Å². The number of guanidine groups is 1. The lowest BCUT2D eigenvalue weighted by Gasteiger charge is -2.27. The standard InChI is InChI=1S/C24H33N3O2/c1-2-25-24(27-22-12-14-23(28)15-13-22)26-16-19-8-10-21(11-9-19)18-29-17-20-6-4-3-5-7-20/h3-11,22-23,28H,2,12-18H2,1H3,(H2,25,26,27). The molecule has 1 aliphatic carbocycles. The molecule has 5 nitrogen and oxygen atoms in total. The van der Waals surface area contributed by atoms with Crippen LogP contribution in [0.5, 0.6) is 0 Å². The molecular weight excluding hydrogens is 362 g/mol. The summed E-state index contributed by atoms with van der Waals surface area (Å²) < 4.78 is 5.80. The van der Waals surface area contributed by atoms with E-state index in [4.69, 9.17) is 9.73 Å². The molecule has 0 bridgehead atoms. The van der Waals surface area contributed by atoms with Gasteiger partial charge in [-0.2, -0.15) is 0 Å². The van der Waals surface area contributed by atoms with Gasteiger partial charge in [-0.1, -0.05) is 54.6 Å². The maximum absolute atomic E-state index is 9.67. The van der Waals surface area contributed by atoms with Gasteiger partial charge in [0.15, 0.2) is 5.96 Å². The Bertz CT molecular complexity index is 738. The van der Waals surface area contributed by atoms with Crippen LogP contribution in [0.25, 0.3) is 0 Å². The van der Waals surface area contributed by atoms with Crippen molar-refractivity contribution in [2.24, 2.45) is 4.99 Å². The zero-order chi connectivity index (χ0) is 20.3. The SMILES string of the molecule is CCNC(=NCc1ccc(COCc2ccccc2)cc1)NC1CCC(O)CC1. The smallest absolute Gasteiger partial charge is 0.191 e. The summed E-state index contributed by atoms with van der Waals surface area (Å²) in [6, 6.07) is 19.1. The number of hydrogen-bond donors (Lipinski definition) is 3. The number of aliphatic hydroxyl groups excluding tert-OH is 1. The minimum atomic E-state index is -0.136. The fraction of sp³-hybridized carbons (Fsp3) is 0.458. The van der Waals surface area contributed by atoms with Gasteiger partial charge in [0, 0.05) is 12.6 Å². The van der Waals surface area contributed by atoms with Gasteiger partial charge < -0.3 is 20.5 Å². The van der Waals surface area contributed by atoms with Crippen LogP contribution in [0, 0.1) is 0 Å². The van der Waals surface area contributed by atoms with E-state index in [0.29, 0.717) is 25.8 Å². The fourth-order valence-corrected chi connectivity index (χ4v) is 3.51. The van der Waals surface area contributed by atoms with Gasteiger partial charge in [-0.25, -0.2) is 4.99 Å². The molecule has 2 aromatic carbocycles. The Labute approximate surface area is 174 Å². The largest absolute Gasteiger partial charge is 0.393 e. The quantitative estimate of drug-likeness (QED) is 0.470. The second kappa shape index (κ2) is 11.6. The normalized spacial score (nSPS) is 19.7. The van der Waals surface area contributed by atoms with Crippen molar-refractivity contribution < 1.29 is 9.84 Å². The van der Waals surface area contributed by atoms with Crippen LogP contribution in [-0.2, 0) is 24.5 Å². The summed E-state index contributed by atoms with van der Waals surface area (Å²) in [4.78, 5) is 4.73. The van der Waals surface area contributed by atoms with Crippen LogP contribution in [0.15, 0.2) is 59.6 Å². The monoisotopic (exact) mass is 395 g/mol. The van der Waals surface area contributed by atoms with Crippen LogP contribution in [0.3, 0.4) is 0 Å². The molecule has 0 aromatic heterocycles. The minimum Gasteiger partial charge on any atom is -0.393 e. The molecule has 0 spiro atoms. The molecule has 1 saturated carbocycles. The summed E-state index contributed by atoms with van der Waals surface area (Å²) in [5.41, 5.74) is 3.53.